The number of phenols is 2. The Morgan fingerprint density at radius 1 is 0.816 bits per heavy atom. The quantitative estimate of drug-likeness (QED) is 0.137. The summed E-state index contributed by atoms with van der Waals surface area (Å²) in [6.07, 6.45) is 5.20. The third-order valence-electron chi connectivity index (χ3n) is 6.01. The highest BCUT2D eigenvalue weighted by atomic mass is 16.5. The molecule has 0 radical (unpaired) electrons. The van der Waals surface area contributed by atoms with Crippen LogP contribution in [0.4, 0.5) is 0 Å². The zero-order valence-electron chi connectivity index (χ0n) is 21.6. The molecule has 0 bridgehead atoms. The van der Waals surface area contributed by atoms with Crippen molar-refractivity contribution >= 4 is 11.9 Å². The molecule has 0 saturated heterocycles. The van der Waals surface area contributed by atoms with Crippen molar-refractivity contribution in [3.05, 3.63) is 119 Å². The molecule has 4 aromatic carbocycles. The van der Waals surface area contributed by atoms with E-state index in [0.717, 1.165) is 16.9 Å². The van der Waals surface area contributed by atoms with E-state index in [0.29, 0.717) is 16.9 Å². The Bertz CT molecular complexity index is 1460. The number of para-hydroxylation sites is 1. The van der Waals surface area contributed by atoms with Gasteiger partial charge < -0.3 is 19.7 Å². The van der Waals surface area contributed by atoms with Gasteiger partial charge in [0.2, 0.25) is 0 Å². The lowest BCUT2D eigenvalue weighted by molar-refractivity contribution is 0.104. The van der Waals surface area contributed by atoms with Gasteiger partial charge in [-0.05, 0) is 61.7 Å². The smallest absolute Gasteiger partial charge is 0.193 e. The van der Waals surface area contributed by atoms with Crippen molar-refractivity contribution in [2.45, 2.75) is 20.3 Å². The molecule has 4 rings (SSSR count). The Hall–Kier alpha value is -4.77. The Kier molecular flexibility index (Phi) is 8.29. The second-order valence-electron chi connectivity index (χ2n) is 8.99. The van der Waals surface area contributed by atoms with Gasteiger partial charge in [0, 0.05) is 5.56 Å². The number of allylic oxidation sites excluding steroid dienone is 3. The summed E-state index contributed by atoms with van der Waals surface area (Å²) in [5, 5.41) is 22.4. The molecule has 5 heteroatoms. The minimum absolute atomic E-state index is 0.00147. The average Bonchev–Trinajstić information content (AvgIpc) is 2.93. The van der Waals surface area contributed by atoms with Crippen LogP contribution >= 0.6 is 0 Å². The lowest BCUT2D eigenvalue weighted by atomic mass is 9.91. The van der Waals surface area contributed by atoms with Crippen molar-refractivity contribution in [2.24, 2.45) is 0 Å². The summed E-state index contributed by atoms with van der Waals surface area (Å²) in [4.78, 5) is 13.5. The highest BCUT2D eigenvalue weighted by Gasteiger charge is 2.28. The minimum atomic E-state index is -0.445. The molecule has 192 valence electrons. The Morgan fingerprint density at radius 2 is 1.42 bits per heavy atom. The average molecular weight is 507 g/mol. The number of hydrogen-bond acceptors (Lipinski definition) is 5. The van der Waals surface area contributed by atoms with Gasteiger partial charge >= 0.3 is 0 Å². The fourth-order valence-electron chi connectivity index (χ4n) is 4.09. The second-order valence-corrected chi connectivity index (χ2v) is 8.99. The summed E-state index contributed by atoms with van der Waals surface area (Å²) in [6, 6.07) is 26.0. The van der Waals surface area contributed by atoms with E-state index in [4.69, 9.17) is 9.47 Å². The SMILES string of the molecule is COc1c(C(=O)/C=C/c2ccc(Oc3ccccc3)cc2)c(O)c(CC=C(C)C)c(O)c1-c1ccccc1. The molecule has 4 aromatic rings. The van der Waals surface area contributed by atoms with Gasteiger partial charge in [-0.1, -0.05) is 78.4 Å². The van der Waals surface area contributed by atoms with Crippen LogP contribution in [0.2, 0.25) is 0 Å². The van der Waals surface area contributed by atoms with Crippen LogP contribution in [0, 0.1) is 0 Å². The fraction of sp³-hybridized carbons (Fsp3) is 0.121. The summed E-state index contributed by atoms with van der Waals surface area (Å²) >= 11 is 0. The van der Waals surface area contributed by atoms with E-state index in [2.05, 4.69) is 0 Å². The van der Waals surface area contributed by atoms with Crippen LogP contribution in [-0.4, -0.2) is 23.1 Å². The van der Waals surface area contributed by atoms with E-state index >= 15 is 0 Å². The molecule has 2 N–H and O–H groups in total. The molecule has 0 unspecified atom stereocenters. The number of carbonyl (C=O) groups is 1. The van der Waals surface area contributed by atoms with Gasteiger partial charge in [-0.25, -0.2) is 0 Å². The number of hydrogen-bond donors (Lipinski definition) is 2. The second kappa shape index (κ2) is 12.0. The molecular weight excluding hydrogens is 476 g/mol. The van der Waals surface area contributed by atoms with Crippen LogP contribution < -0.4 is 9.47 Å². The monoisotopic (exact) mass is 506 g/mol. The van der Waals surface area contributed by atoms with Gasteiger partial charge in [0.25, 0.3) is 0 Å². The molecule has 0 aromatic heterocycles. The number of rotatable bonds is 9. The number of aromatic hydroxyl groups is 2. The normalized spacial score (nSPS) is 10.8. The van der Waals surface area contributed by atoms with Crippen molar-refractivity contribution in [1.29, 1.82) is 0 Å². The summed E-state index contributed by atoms with van der Waals surface area (Å²) in [7, 11) is 1.42. The van der Waals surface area contributed by atoms with Gasteiger partial charge in [0.15, 0.2) is 5.78 Å². The van der Waals surface area contributed by atoms with Gasteiger partial charge in [0.1, 0.15) is 34.3 Å². The first kappa shape index (κ1) is 26.3. The van der Waals surface area contributed by atoms with Crippen molar-refractivity contribution < 1.29 is 24.5 Å². The maximum absolute atomic E-state index is 13.5. The number of benzene rings is 4. The maximum atomic E-state index is 13.5. The molecule has 0 aliphatic carbocycles. The van der Waals surface area contributed by atoms with Crippen molar-refractivity contribution in [2.75, 3.05) is 7.11 Å². The summed E-state index contributed by atoms with van der Waals surface area (Å²) in [5.41, 5.74) is 3.11. The third kappa shape index (κ3) is 5.95. The molecule has 0 atom stereocenters. The first-order valence-corrected chi connectivity index (χ1v) is 12.3. The third-order valence-corrected chi connectivity index (χ3v) is 6.01. The zero-order chi connectivity index (χ0) is 27.1. The molecule has 0 amide bonds. The minimum Gasteiger partial charge on any atom is -0.507 e. The zero-order valence-corrected chi connectivity index (χ0v) is 21.6. The number of ether oxygens (including phenoxy) is 2. The Morgan fingerprint density at radius 3 is 2.03 bits per heavy atom. The molecule has 0 fully saturated rings. The van der Waals surface area contributed by atoms with Gasteiger partial charge in [-0.15, -0.1) is 0 Å². The van der Waals surface area contributed by atoms with Crippen molar-refractivity contribution in [3.8, 4) is 39.9 Å². The molecule has 0 aliphatic rings. The molecule has 0 saturated carbocycles. The van der Waals surface area contributed by atoms with Crippen LogP contribution in [0.15, 0.2) is 103 Å². The predicted octanol–water partition coefficient (Wildman–Crippen LogP) is 7.97. The lowest BCUT2D eigenvalue weighted by Crippen LogP contribution is -2.05. The molecule has 5 nitrogen and oxygen atoms in total. The van der Waals surface area contributed by atoms with Crippen molar-refractivity contribution in [3.63, 3.8) is 0 Å². The predicted molar refractivity (Wildman–Crippen MR) is 151 cm³/mol. The van der Waals surface area contributed by atoms with Crippen LogP contribution in [0.5, 0.6) is 28.7 Å². The molecule has 0 aliphatic heterocycles. The number of methoxy groups -OCH3 is 1. The molecule has 0 spiro atoms. The summed E-state index contributed by atoms with van der Waals surface area (Å²) in [5.74, 6) is 0.677. The summed E-state index contributed by atoms with van der Waals surface area (Å²) in [6.45, 7) is 3.86. The van der Waals surface area contributed by atoms with Crippen LogP contribution in [0.1, 0.15) is 35.3 Å². The Balaban J connectivity index is 1.70. The topological polar surface area (TPSA) is 76.0 Å². The van der Waals surface area contributed by atoms with E-state index < -0.39 is 5.78 Å². The van der Waals surface area contributed by atoms with Gasteiger partial charge in [-0.2, -0.15) is 0 Å². The largest absolute Gasteiger partial charge is 0.507 e. The number of phenolic OH excluding ortho intramolecular Hbond substituents is 2. The van der Waals surface area contributed by atoms with E-state index in [1.807, 2.05) is 105 Å². The van der Waals surface area contributed by atoms with Crippen LogP contribution in [0.3, 0.4) is 0 Å². The highest BCUT2D eigenvalue weighted by Crippen LogP contribution is 2.48. The maximum Gasteiger partial charge on any atom is 0.193 e. The molecule has 38 heavy (non-hydrogen) atoms. The van der Waals surface area contributed by atoms with E-state index in [9.17, 15) is 15.0 Å². The first-order valence-electron chi connectivity index (χ1n) is 12.3. The highest BCUT2D eigenvalue weighted by molar-refractivity contribution is 6.12. The van der Waals surface area contributed by atoms with Crippen molar-refractivity contribution in [1.82, 2.24) is 0 Å². The standard InChI is InChI=1S/C33H30O5/c1-22(2)14-20-27-31(35)29(24-10-6-4-7-11-24)33(37-3)30(32(27)36)28(34)21-17-23-15-18-26(19-16-23)38-25-12-8-5-9-13-25/h4-19,21,35-36H,20H2,1-3H3/b21-17+. The van der Waals surface area contributed by atoms with E-state index in [1.54, 1.807) is 6.08 Å². The summed E-state index contributed by atoms with van der Waals surface area (Å²) < 4.78 is 11.4. The van der Waals surface area contributed by atoms with E-state index in [-0.39, 0.29) is 34.8 Å². The Labute approximate surface area is 222 Å². The van der Waals surface area contributed by atoms with Gasteiger partial charge in [-0.3, -0.25) is 4.79 Å². The molecular formula is C33H30O5. The fourth-order valence-corrected chi connectivity index (χ4v) is 4.09. The molecule has 0 heterocycles. The van der Waals surface area contributed by atoms with Gasteiger partial charge in [0.05, 0.1) is 12.7 Å². The first-order chi connectivity index (χ1) is 18.4. The van der Waals surface area contributed by atoms with Crippen LogP contribution in [0.25, 0.3) is 17.2 Å². The lowest BCUT2D eigenvalue weighted by Gasteiger charge is -2.19. The number of ketones is 1. The van der Waals surface area contributed by atoms with E-state index in [1.165, 1.54) is 13.2 Å². The number of carbonyl (C=O) groups excluding carboxylic acids is 1. The van der Waals surface area contributed by atoms with Crippen LogP contribution in [-0.2, 0) is 6.42 Å².